The summed E-state index contributed by atoms with van der Waals surface area (Å²) in [6.45, 7) is 5.50. The van der Waals surface area contributed by atoms with Crippen molar-refractivity contribution < 1.29 is 4.52 Å². The molecule has 7 heteroatoms. The van der Waals surface area contributed by atoms with Crippen LogP contribution < -0.4 is 10.6 Å². The SMILES string of the molecule is CCC(CC)c1cc(CNC(=NC)NCc2csc(-c3ccccc3)n2)on1. The van der Waals surface area contributed by atoms with Gasteiger partial charge in [0.1, 0.15) is 5.01 Å². The van der Waals surface area contributed by atoms with Gasteiger partial charge in [0.15, 0.2) is 11.7 Å². The van der Waals surface area contributed by atoms with E-state index >= 15 is 0 Å². The second kappa shape index (κ2) is 10.0. The standard InChI is InChI=1S/C21H27N5OS/c1-4-15(5-2)19-11-18(27-26-19)13-24-21(22-3)23-12-17-14-28-20(25-17)16-9-7-6-8-10-16/h6-11,14-15H,4-5,12-13H2,1-3H3,(H2,22,23,24). The Hall–Kier alpha value is -2.67. The number of hydrogen-bond acceptors (Lipinski definition) is 5. The summed E-state index contributed by atoms with van der Waals surface area (Å²) in [5.74, 6) is 1.97. The summed E-state index contributed by atoms with van der Waals surface area (Å²) in [5.41, 5.74) is 3.16. The number of thiazole rings is 1. The molecule has 148 valence electrons. The molecule has 0 bridgehead atoms. The van der Waals surface area contributed by atoms with E-state index in [1.54, 1.807) is 18.4 Å². The van der Waals surface area contributed by atoms with Crippen molar-refractivity contribution in [2.24, 2.45) is 4.99 Å². The third kappa shape index (κ3) is 5.19. The summed E-state index contributed by atoms with van der Waals surface area (Å²) in [6, 6.07) is 12.2. The van der Waals surface area contributed by atoms with Crippen LogP contribution in [0.1, 0.15) is 49.8 Å². The van der Waals surface area contributed by atoms with Crippen molar-refractivity contribution in [1.82, 2.24) is 20.8 Å². The quantitative estimate of drug-likeness (QED) is 0.430. The van der Waals surface area contributed by atoms with Gasteiger partial charge in [0, 0.05) is 30.0 Å². The summed E-state index contributed by atoms with van der Waals surface area (Å²) >= 11 is 1.65. The van der Waals surface area contributed by atoms with Gasteiger partial charge in [0.05, 0.1) is 24.5 Å². The van der Waals surface area contributed by atoms with Crippen LogP contribution in [0, 0.1) is 0 Å². The molecule has 0 unspecified atom stereocenters. The van der Waals surface area contributed by atoms with Gasteiger partial charge in [-0.1, -0.05) is 49.3 Å². The Morgan fingerprint density at radius 1 is 1.14 bits per heavy atom. The molecule has 0 radical (unpaired) electrons. The van der Waals surface area contributed by atoms with Gasteiger partial charge < -0.3 is 15.2 Å². The van der Waals surface area contributed by atoms with Gasteiger partial charge >= 0.3 is 0 Å². The fourth-order valence-electron chi connectivity index (χ4n) is 2.98. The average Bonchev–Trinajstić information content (AvgIpc) is 3.40. The van der Waals surface area contributed by atoms with Gasteiger partial charge in [0.25, 0.3) is 0 Å². The molecule has 1 aromatic carbocycles. The van der Waals surface area contributed by atoms with Crippen molar-refractivity contribution in [3.05, 3.63) is 58.9 Å². The fourth-order valence-corrected chi connectivity index (χ4v) is 3.80. The van der Waals surface area contributed by atoms with Gasteiger partial charge in [-0.2, -0.15) is 0 Å². The minimum absolute atomic E-state index is 0.457. The second-order valence-electron chi connectivity index (χ2n) is 6.52. The molecule has 3 aromatic rings. The minimum atomic E-state index is 0.457. The Labute approximate surface area is 170 Å². The maximum atomic E-state index is 5.45. The molecular weight excluding hydrogens is 370 g/mol. The Kier molecular flexibility index (Phi) is 7.19. The van der Waals surface area contributed by atoms with Gasteiger partial charge in [-0.25, -0.2) is 4.98 Å². The van der Waals surface area contributed by atoms with E-state index in [0.29, 0.717) is 25.0 Å². The van der Waals surface area contributed by atoms with E-state index in [-0.39, 0.29) is 0 Å². The second-order valence-corrected chi connectivity index (χ2v) is 7.38. The topological polar surface area (TPSA) is 75.3 Å². The zero-order chi connectivity index (χ0) is 19.8. The number of nitrogens with one attached hydrogen (secondary N) is 2. The van der Waals surface area contributed by atoms with Crippen LogP contribution in [0.25, 0.3) is 10.6 Å². The van der Waals surface area contributed by atoms with Crippen molar-refractivity contribution >= 4 is 17.3 Å². The summed E-state index contributed by atoms with van der Waals surface area (Å²) in [6.07, 6.45) is 2.13. The largest absolute Gasteiger partial charge is 0.359 e. The molecule has 0 aliphatic carbocycles. The molecule has 0 fully saturated rings. The van der Waals surface area contributed by atoms with Crippen LogP contribution in [0.5, 0.6) is 0 Å². The molecule has 28 heavy (non-hydrogen) atoms. The monoisotopic (exact) mass is 397 g/mol. The number of nitrogens with zero attached hydrogens (tertiary/aromatic N) is 3. The molecule has 6 nitrogen and oxygen atoms in total. The Bertz CT molecular complexity index is 883. The van der Waals surface area contributed by atoms with Gasteiger partial charge in [-0.05, 0) is 12.8 Å². The highest BCUT2D eigenvalue weighted by Crippen LogP contribution is 2.23. The van der Waals surface area contributed by atoms with Crippen molar-refractivity contribution in [2.75, 3.05) is 7.05 Å². The minimum Gasteiger partial charge on any atom is -0.359 e. The van der Waals surface area contributed by atoms with E-state index in [2.05, 4.69) is 52.1 Å². The number of benzene rings is 1. The molecular formula is C21H27N5OS. The highest BCUT2D eigenvalue weighted by atomic mass is 32.1. The third-order valence-electron chi connectivity index (χ3n) is 4.64. The smallest absolute Gasteiger partial charge is 0.191 e. The summed E-state index contributed by atoms with van der Waals surface area (Å²) in [4.78, 5) is 8.96. The van der Waals surface area contributed by atoms with Crippen LogP contribution in [-0.4, -0.2) is 23.1 Å². The van der Waals surface area contributed by atoms with Crippen LogP contribution in [0.15, 0.2) is 51.3 Å². The first-order chi connectivity index (χ1) is 13.7. The maximum absolute atomic E-state index is 5.45. The molecule has 3 rings (SSSR count). The zero-order valence-electron chi connectivity index (χ0n) is 16.6. The molecule has 0 aliphatic heterocycles. The van der Waals surface area contributed by atoms with Crippen molar-refractivity contribution in [3.8, 4) is 10.6 Å². The lowest BCUT2D eigenvalue weighted by Gasteiger charge is -2.09. The molecule has 0 amide bonds. The molecule has 2 N–H and O–H groups in total. The zero-order valence-corrected chi connectivity index (χ0v) is 17.4. The highest BCUT2D eigenvalue weighted by Gasteiger charge is 2.13. The first-order valence-electron chi connectivity index (χ1n) is 9.63. The summed E-state index contributed by atoms with van der Waals surface area (Å²) in [5, 5.41) is 13.9. The van der Waals surface area contributed by atoms with Crippen LogP contribution in [-0.2, 0) is 13.1 Å². The van der Waals surface area contributed by atoms with Crippen LogP contribution in [0.4, 0.5) is 0 Å². The van der Waals surface area contributed by atoms with Crippen LogP contribution in [0.2, 0.25) is 0 Å². The average molecular weight is 398 g/mol. The Balaban J connectivity index is 1.51. The Morgan fingerprint density at radius 3 is 2.61 bits per heavy atom. The van der Waals surface area contributed by atoms with Crippen LogP contribution in [0.3, 0.4) is 0 Å². The predicted molar refractivity (Wildman–Crippen MR) is 114 cm³/mol. The van der Waals surface area contributed by atoms with Crippen LogP contribution >= 0.6 is 11.3 Å². The number of hydrogen-bond donors (Lipinski definition) is 2. The highest BCUT2D eigenvalue weighted by molar-refractivity contribution is 7.13. The summed E-state index contributed by atoms with van der Waals surface area (Å²) < 4.78 is 5.45. The number of rotatable bonds is 8. The number of guanidine groups is 1. The molecule has 2 aromatic heterocycles. The first-order valence-corrected chi connectivity index (χ1v) is 10.5. The van der Waals surface area contributed by atoms with Gasteiger partial charge in [-0.15, -0.1) is 11.3 Å². The lowest BCUT2D eigenvalue weighted by Crippen LogP contribution is -2.36. The van der Waals surface area contributed by atoms with E-state index in [0.717, 1.165) is 40.6 Å². The fraction of sp³-hybridized carbons (Fsp3) is 0.381. The lowest BCUT2D eigenvalue weighted by molar-refractivity contribution is 0.368. The molecule has 0 saturated carbocycles. The molecule has 0 aliphatic rings. The molecule has 0 saturated heterocycles. The molecule has 2 heterocycles. The molecule has 0 atom stereocenters. The lowest BCUT2D eigenvalue weighted by atomic mass is 9.99. The summed E-state index contributed by atoms with van der Waals surface area (Å²) in [7, 11) is 1.75. The third-order valence-corrected chi connectivity index (χ3v) is 5.58. The maximum Gasteiger partial charge on any atom is 0.191 e. The van der Waals surface area contributed by atoms with E-state index in [1.807, 2.05) is 24.3 Å². The van der Waals surface area contributed by atoms with E-state index in [1.165, 1.54) is 0 Å². The number of aliphatic imine (C=N–C) groups is 1. The number of aromatic nitrogens is 2. The molecule has 0 spiro atoms. The van der Waals surface area contributed by atoms with Gasteiger partial charge in [0.2, 0.25) is 0 Å². The van der Waals surface area contributed by atoms with E-state index in [4.69, 9.17) is 9.51 Å². The van der Waals surface area contributed by atoms with Crippen molar-refractivity contribution in [3.63, 3.8) is 0 Å². The normalized spacial score (nSPS) is 11.8. The van der Waals surface area contributed by atoms with Crippen molar-refractivity contribution in [1.29, 1.82) is 0 Å². The first kappa shape index (κ1) is 20.1. The van der Waals surface area contributed by atoms with Gasteiger partial charge in [-0.3, -0.25) is 4.99 Å². The predicted octanol–water partition coefficient (Wildman–Crippen LogP) is 4.57. The van der Waals surface area contributed by atoms with E-state index in [9.17, 15) is 0 Å². The van der Waals surface area contributed by atoms with Crippen molar-refractivity contribution in [2.45, 2.75) is 45.7 Å². The van der Waals surface area contributed by atoms with E-state index < -0.39 is 0 Å². The Morgan fingerprint density at radius 2 is 1.89 bits per heavy atom.